The standard InChI is InChI=1S/C18H19N5O2/c1-11-4-5-14(8-12(11)2)15-6-7-18(25)23(22-15)10-17(24)19-16-9-13(3)20-21-16/h4-9H,10H2,1-3H3,(H2,19,20,21,24). The highest BCUT2D eigenvalue weighted by atomic mass is 16.2. The Labute approximate surface area is 144 Å². The monoisotopic (exact) mass is 337 g/mol. The quantitative estimate of drug-likeness (QED) is 0.763. The molecule has 0 aliphatic heterocycles. The molecule has 0 bridgehead atoms. The summed E-state index contributed by atoms with van der Waals surface area (Å²) in [6.45, 7) is 5.72. The minimum Gasteiger partial charge on any atom is -0.308 e. The van der Waals surface area contributed by atoms with E-state index < -0.39 is 0 Å². The van der Waals surface area contributed by atoms with Gasteiger partial charge in [0, 0.05) is 23.4 Å². The average molecular weight is 337 g/mol. The Kier molecular flexibility index (Phi) is 4.47. The molecule has 0 fully saturated rings. The average Bonchev–Trinajstić information content (AvgIpc) is 2.97. The Hall–Kier alpha value is -3.22. The highest BCUT2D eigenvalue weighted by molar-refractivity contribution is 5.89. The van der Waals surface area contributed by atoms with Crippen LogP contribution >= 0.6 is 0 Å². The zero-order valence-corrected chi connectivity index (χ0v) is 14.3. The highest BCUT2D eigenvalue weighted by Crippen LogP contribution is 2.19. The van der Waals surface area contributed by atoms with E-state index in [-0.39, 0.29) is 18.0 Å². The summed E-state index contributed by atoms with van der Waals surface area (Å²) in [5.74, 6) is 0.0548. The Morgan fingerprint density at radius 2 is 1.92 bits per heavy atom. The molecular weight excluding hydrogens is 318 g/mol. The van der Waals surface area contributed by atoms with Crippen molar-refractivity contribution in [3.8, 4) is 11.3 Å². The fourth-order valence-corrected chi connectivity index (χ4v) is 2.42. The van der Waals surface area contributed by atoms with Crippen molar-refractivity contribution in [2.24, 2.45) is 0 Å². The number of carbonyl (C=O) groups excluding carboxylic acids is 1. The third-order valence-corrected chi connectivity index (χ3v) is 3.94. The van der Waals surface area contributed by atoms with E-state index in [1.54, 1.807) is 12.1 Å². The molecule has 2 aromatic heterocycles. The molecule has 2 heterocycles. The molecule has 2 N–H and O–H groups in total. The lowest BCUT2D eigenvalue weighted by molar-refractivity contribution is -0.117. The number of rotatable bonds is 4. The van der Waals surface area contributed by atoms with E-state index in [1.165, 1.54) is 11.6 Å². The van der Waals surface area contributed by atoms with E-state index in [0.717, 1.165) is 21.5 Å². The van der Waals surface area contributed by atoms with Crippen molar-refractivity contribution in [1.29, 1.82) is 0 Å². The van der Waals surface area contributed by atoms with E-state index in [9.17, 15) is 9.59 Å². The van der Waals surface area contributed by atoms with Gasteiger partial charge in [-0.05, 0) is 44.0 Å². The maximum absolute atomic E-state index is 12.1. The minimum atomic E-state index is -0.363. The maximum Gasteiger partial charge on any atom is 0.267 e. The molecule has 3 aromatic rings. The lowest BCUT2D eigenvalue weighted by Crippen LogP contribution is -2.29. The first kappa shape index (κ1) is 16.6. The van der Waals surface area contributed by atoms with Crippen LogP contribution in [0.3, 0.4) is 0 Å². The first-order valence-corrected chi connectivity index (χ1v) is 7.90. The molecule has 0 spiro atoms. The second-order valence-corrected chi connectivity index (χ2v) is 6.00. The topological polar surface area (TPSA) is 92.7 Å². The van der Waals surface area contributed by atoms with Gasteiger partial charge in [-0.15, -0.1) is 0 Å². The third-order valence-electron chi connectivity index (χ3n) is 3.94. The molecule has 7 heteroatoms. The van der Waals surface area contributed by atoms with Crippen LogP contribution in [-0.4, -0.2) is 25.9 Å². The van der Waals surface area contributed by atoms with Crippen LogP contribution in [0.25, 0.3) is 11.3 Å². The van der Waals surface area contributed by atoms with Crippen molar-refractivity contribution in [3.05, 3.63) is 63.6 Å². The molecule has 0 saturated carbocycles. The number of anilines is 1. The summed E-state index contributed by atoms with van der Waals surface area (Å²) in [6.07, 6.45) is 0. The van der Waals surface area contributed by atoms with Crippen LogP contribution in [-0.2, 0) is 11.3 Å². The van der Waals surface area contributed by atoms with Gasteiger partial charge in [0.15, 0.2) is 5.82 Å². The molecule has 0 aliphatic carbocycles. The summed E-state index contributed by atoms with van der Waals surface area (Å²) in [4.78, 5) is 24.1. The number of aromatic nitrogens is 4. The normalized spacial score (nSPS) is 10.7. The number of hydrogen-bond donors (Lipinski definition) is 2. The van der Waals surface area contributed by atoms with Gasteiger partial charge >= 0.3 is 0 Å². The molecule has 1 amide bonds. The van der Waals surface area contributed by atoms with Crippen LogP contribution in [0.5, 0.6) is 0 Å². The molecule has 0 atom stereocenters. The number of amides is 1. The fourth-order valence-electron chi connectivity index (χ4n) is 2.42. The zero-order chi connectivity index (χ0) is 18.0. The molecule has 3 rings (SSSR count). The first-order chi connectivity index (χ1) is 11.9. The second kappa shape index (κ2) is 6.72. The third kappa shape index (κ3) is 3.82. The van der Waals surface area contributed by atoms with Crippen LogP contribution in [0.15, 0.2) is 41.2 Å². The second-order valence-electron chi connectivity index (χ2n) is 6.00. The van der Waals surface area contributed by atoms with Gasteiger partial charge in [0.05, 0.1) is 5.69 Å². The molecule has 0 aliphatic rings. The lowest BCUT2D eigenvalue weighted by Gasteiger charge is -2.08. The summed E-state index contributed by atoms with van der Waals surface area (Å²) in [5.41, 5.74) is 4.38. The number of carbonyl (C=O) groups is 1. The van der Waals surface area contributed by atoms with E-state index in [0.29, 0.717) is 11.5 Å². The molecule has 0 radical (unpaired) electrons. The summed E-state index contributed by atoms with van der Waals surface area (Å²) >= 11 is 0. The Morgan fingerprint density at radius 3 is 2.60 bits per heavy atom. The Bertz CT molecular complexity index is 987. The van der Waals surface area contributed by atoms with Crippen molar-refractivity contribution in [2.45, 2.75) is 27.3 Å². The zero-order valence-electron chi connectivity index (χ0n) is 14.3. The number of aryl methyl sites for hydroxylation is 3. The number of nitrogens with zero attached hydrogens (tertiary/aromatic N) is 3. The largest absolute Gasteiger partial charge is 0.308 e. The number of benzene rings is 1. The van der Waals surface area contributed by atoms with Crippen LogP contribution < -0.4 is 10.9 Å². The van der Waals surface area contributed by atoms with Gasteiger partial charge < -0.3 is 5.32 Å². The lowest BCUT2D eigenvalue weighted by atomic mass is 10.0. The molecule has 0 saturated heterocycles. The molecule has 7 nitrogen and oxygen atoms in total. The predicted molar refractivity (Wildman–Crippen MR) is 95.4 cm³/mol. The number of aromatic amines is 1. The smallest absolute Gasteiger partial charge is 0.267 e. The van der Waals surface area contributed by atoms with E-state index in [4.69, 9.17) is 0 Å². The van der Waals surface area contributed by atoms with Crippen molar-refractivity contribution in [1.82, 2.24) is 20.0 Å². The highest BCUT2D eigenvalue weighted by Gasteiger charge is 2.10. The van der Waals surface area contributed by atoms with Crippen LogP contribution in [0, 0.1) is 20.8 Å². The number of H-pyrrole nitrogens is 1. The van der Waals surface area contributed by atoms with E-state index >= 15 is 0 Å². The predicted octanol–water partition coefficient (Wildman–Crippen LogP) is 2.20. The van der Waals surface area contributed by atoms with E-state index in [2.05, 4.69) is 20.6 Å². The molecule has 0 unspecified atom stereocenters. The molecule has 25 heavy (non-hydrogen) atoms. The SMILES string of the molecule is Cc1cc(NC(=O)Cn2nc(-c3ccc(C)c(C)c3)ccc2=O)n[nH]1. The summed E-state index contributed by atoms with van der Waals surface area (Å²) in [6, 6.07) is 10.8. The van der Waals surface area contributed by atoms with Gasteiger partial charge in [-0.25, -0.2) is 4.68 Å². The molecule has 1 aromatic carbocycles. The van der Waals surface area contributed by atoms with Crippen molar-refractivity contribution < 1.29 is 4.79 Å². The first-order valence-electron chi connectivity index (χ1n) is 7.90. The number of hydrogen-bond acceptors (Lipinski definition) is 4. The maximum atomic E-state index is 12.1. The van der Waals surface area contributed by atoms with Gasteiger partial charge in [-0.3, -0.25) is 14.7 Å². The van der Waals surface area contributed by atoms with Gasteiger partial charge in [0.25, 0.3) is 5.56 Å². The van der Waals surface area contributed by atoms with Crippen molar-refractivity contribution in [2.75, 3.05) is 5.32 Å². The van der Waals surface area contributed by atoms with Gasteiger partial charge in [-0.1, -0.05) is 12.1 Å². The van der Waals surface area contributed by atoms with Crippen molar-refractivity contribution in [3.63, 3.8) is 0 Å². The van der Waals surface area contributed by atoms with Crippen molar-refractivity contribution >= 4 is 11.7 Å². The van der Waals surface area contributed by atoms with Gasteiger partial charge in [0.2, 0.25) is 5.91 Å². The Morgan fingerprint density at radius 1 is 1.12 bits per heavy atom. The van der Waals surface area contributed by atoms with Crippen LogP contribution in [0.2, 0.25) is 0 Å². The minimum absolute atomic E-state index is 0.177. The summed E-state index contributed by atoms with van der Waals surface area (Å²) < 4.78 is 1.15. The molecule has 128 valence electrons. The molecular formula is C18H19N5O2. The van der Waals surface area contributed by atoms with Gasteiger partial charge in [0.1, 0.15) is 6.54 Å². The van der Waals surface area contributed by atoms with E-state index in [1.807, 2.05) is 39.0 Å². The van der Waals surface area contributed by atoms with Crippen LogP contribution in [0.1, 0.15) is 16.8 Å². The number of nitrogens with one attached hydrogen (secondary N) is 2. The summed E-state index contributed by atoms with van der Waals surface area (Å²) in [5, 5.41) is 13.6. The Balaban J connectivity index is 1.82. The fraction of sp³-hybridized carbons (Fsp3) is 0.222. The summed E-state index contributed by atoms with van der Waals surface area (Å²) in [7, 11) is 0. The van der Waals surface area contributed by atoms with Gasteiger partial charge in [-0.2, -0.15) is 10.2 Å². The van der Waals surface area contributed by atoms with Crippen LogP contribution in [0.4, 0.5) is 5.82 Å².